The predicted molar refractivity (Wildman–Crippen MR) is 103 cm³/mol. The number of H-pyrrole nitrogens is 1. The van der Waals surface area contributed by atoms with Crippen molar-refractivity contribution in [3.05, 3.63) is 72.2 Å². The Morgan fingerprint density at radius 2 is 1.59 bits per heavy atom. The van der Waals surface area contributed by atoms with Crippen molar-refractivity contribution < 1.29 is 9.47 Å². The van der Waals surface area contributed by atoms with E-state index in [1.807, 2.05) is 48.5 Å². The molecule has 0 aliphatic heterocycles. The van der Waals surface area contributed by atoms with E-state index in [1.165, 1.54) is 6.33 Å². The molecule has 2 heterocycles. The van der Waals surface area contributed by atoms with Crippen molar-refractivity contribution in [2.24, 2.45) is 0 Å². The van der Waals surface area contributed by atoms with E-state index < -0.39 is 0 Å². The van der Waals surface area contributed by atoms with E-state index in [1.54, 1.807) is 20.4 Å². The molecule has 0 aliphatic carbocycles. The summed E-state index contributed by atoms with van der Waals surface area (Å²) >= 11 is 0. The Kier molecular flexibility index (Phi) is 4.57. The van der Waals surface area contributed by atoms with Gasteiger partial charge in [0, 0.05) is 0 Å². The summed E-state index contributed by atoms with van der Waals surface area (Å²) < 4.78 is 10.8. The van der Waals surface area contributed by atoms with Gasteiger partial charge in [-0.2, -0.15) is 5.10 Å². The molecule has 27 heavy (non-hydrogen) atoms. The van der Waals surface area contributed by atoms with Crippen LogP contribution in [-0.4, -0.2) is 34.4 Å². The second-order valence-corrected chi connectivity index (χ2v) is 5.99. The monoisotopic (exact) mass is 361 g/mol. The van der Waals surface area contributed by atoms with Crippen LogP contribution in [0, 0.1) is 0 Å². The van der Waals surface area contributed by atoms with Gasteiger partial charge in [0.05, 0.1) is 31.8 Å². The van der Waals surface area contributed by atoms with Crippen LogP contribution in [0.15, 0.2) is 61.1 Å². The van der Waals surface area contributed by atoms with Gasteiger partial charge in [0.15, 0.2) is 5.65 Å². The number of anilines is 1. The zero-order valence-electron chi connectivity index (χ0n) is 15.0. The number of nitrogens with zero attached hydrogens (tertiary/aromatic N) is 3. The molecule has 136 valence electrons. The molecule has 0 bridgehead atoms. The minimum Gasteiger partial charge on any atom is -0.497 e. The summed E-state index contributed by atoms with van der Waals surface area (Å²) in [6.07, 6.45) is 3.23. The highest BCUT2D eigenvalue weighted by atomic mass is 16.5. The fourth-order valence-corrected chi connectivity index (χ4v) is 3.02. The molecule has 0 saturated heterocycles. The fourth-order valence-electron chi connectivity index (χ4n) is 3.02. The molecule has 4 rings (SSSR count). The zero-order valence-corrected chi connectivity index (χ0v) is 15.0. The van der Waals surface area contributed by atoms with E-state index in [2.05, 4.69) is 25.5 Å². The normalized spacial score (nSPS) is 10.9. The molecule has 0 atom stereocenters. The van der Waals surface area contributed by atoms with Gasteiger partial charge in [-0.05, 0) is 35.4 Å². The third kappa shape index (κ3) is 3.39. The average Bonchev–Trinajstić information content (AvgIpc) is 3.21. The molecule has 0 spiro atoms. The van der Waals surface area contributed by atoms with Crippen LogP contribution in [0.2, 0.25) is 0 Å². The number of fused-ring (bicyclic) bond motifs is 1. The van der Waals surface area contributed by atoms with E-state index in [-0.39, 0.29) is 6.04 Å². The number of aromatic amines is 1. The first kappa shape index (κ1) is 16.8. The van der Waals surface area contributed by atoms with Gasteiger partial charge in [-0.3, -0.25) is 5.10 Å². The van der Waals surface area contributed by atoms with Crippen molar-refractivity contribution in [1.82, 2.24) is 20.2 Å². The molecule has 7 nitrogen and oxygen atoms in total. The van der Waals surface area contributed by atoms with Gasteiger partial charge in [-0.25, -0.2) is 9.97 Å². The van der Waals surface area contributed by atoms with Gasteiger partial charge in [0.1, 0.15) is 23.6 Å². The molecule has 4 aromatic rings. The largest absolute Gasteiger partial charge is 0.497 e. The average molecular weight is 361 g/mol. The SMILES string of the molecule is COc1cccc(C(Nc2ncnc3[nH]ncc23)c2cccc(OC)c2)c1. The molecular weight excluding hydrogens is 342 g/mol. The quantitative estimate of drug-likeness (QED) is 0.546. The van der Waals surface area contributed by atoms with E-state index in [0.717, 1.165) is 28.0 Å². The Hall–Kier alpha value is -3.61. The van der Waals surface area contributed by atoms with E-state index in [4.69, 9.17) is 9.47 Å². The van der Waals surface area contributed by atoms with Crippen molar-refractivity contribution in [2.75, 3.05) is 19.5 Å². The van der Waals surface area contributed by atoms with Gasteiger partial charge in [0.25, 0.3) is 0 Å². The zero-order chi connectivity index (χ0) is 18.6. The van der Waals surface area contributed by atoms with Gasteiger partial charge < -0.3 is 14.8 Å². The number of ether oxygens (including phenoxy) is 2. The van der Waals surface area contributed by atoms with Gasteiger partial charge in [-0.1, -0.05) is 24.3 Å². The fraction of sp³-hybridized carbons (Fsp3) is 0.150. The highest BCUT2D eigenvalue weighted by molar-refractivity contribution is 5.85. The molecular formula is C20H19N5O2. The maximum Gasteiger partial charge on any atom is 0.160 e. The van der Waals surface area contributed by atoms with Crippen molar-refractivity contribution in [3.63, 3.8) is 0 Å². The summed E-state index contributed by atoms with van der Waals surface area (Å²) in [5.41, 5.74) is 2.76. The van der Waals surface area contributed by atoms with E-state index in [9.17, 15) is 0 Å². The molecule has 2 aromatic heterocycles. The second-order valence-electron chi connectivity index (χ2n) is 5.99. The topological polar surface area (TPSA) is 85.0 Å². The molecule has 2 aromatic carbocycles. The molecule has 7 heteroatoms. The van der Waals surface area contributed by atoms with Crippen molar-refractivity contribution in [1.29, 1.82) is 0 Å². The number of aromatic nitrogens is 4. The molecule has 0 saturated carbocycles. The van der Waals surface area contributed by atoms with Gasteiger partial charge in [-0.15, -0.1) is 0 Å². The van der Waals surface area contributed by atoms with E-state index in [0.29, 0.717) is 11.5 Å². The van der Waals surface area contributed by atoms with E-state index >= 15 is 0 Å². The summed E-state index contributed by atoms with van der Waals surface area (Å²) in [5.74, 6) is 2.28. The van der Waals surface area contributed by atoms with Crippen LogP contribution in [0.5, 0.6) is 11.5 Å². The standard InChI is InChI=1S/C20H19N5O2/c1-26-15-7-3-5-13(9-15)18(14-6-4-8-16(10-14)27-2)24-19-17-11-23-25-20(17)22-12-21-19/h3-12,18H,1-2H3,(H2,21,22,23,24,25). The molecule has 2 N–H and O–H groups in total. The number of methoxy groups -OCH3 is 2. The maximum absolute atomic E-state index is 5.40. The maximum atomic E-state index is 5.40. The summed E-state index contributed by atoms with van der Waals surface area (Å²) in [4.78, 5) is 8.61. The number of nitrogens with one attached hydrogen (secondary N) is 2. The lowest BCUT2D eigenvalue weighted by atomic mass is 9.98. The lowest BCUT2D eigenvalue weighted by molar-refractivity contribution is 0.413. The number of rotatable bonds is 6. The van der Waals surface area contributed by atoms with Crippen molar-refractivity contribution >= 4 is 16.9 Å². The highest BCUT2D eigenvalue weighted by Crippen LogP contribution is 2.31. The van der Waals surface area contributed by atoms with Crippen molar-refractivity contribution in [2.45, 2.75) is 6.04 Å². The summed E-state index contributed by atoms with van der Waals surface area (Å²) in [5, 5.41) is 11.3. The third-order valence-electron chi connectivity index (χ3n) is 4.38. The summed E-state index contributed by atoms with van der Waals surface area (Å²) in [7, 11) is 3.32. The lowest BCUT2D eigenvalue weighted by Gasteiger charge is -2.21. The Labute approximate surface area is 156 Å². The number of hydrogen-bond donors (Lipinski definition) is 2. The van der Waals surface area contributed by atoms with Crippen LogP contribution >= 0.6 is 0 Å². The Bertz CT molecular complexity index is 1020. The first-order chi connectivity index (χ1) is 13.3. The molecule has 0 aliphatic rings. The Balaban J connectivity index is 1.81. The predicted octanol–water partition coefficient (Wildman–Crippen LogP) is 3.57. The number of hydrogen-bond acceptors (Lipinski definition) is 6. The molecule has 0 radical (unpaired) electrons. The van der Waals surface area contributed by atoms with Crippen molar-refractivity contribution in [3.8, 4) is 11.5 Å². The first-order valence-corrected chi connectivity index (χ1v) is 8.47. The van der Waals surface area contributed by atoms with Crippen LogP contribution in [0.4, 0.5) is 5.82 Å². The molecule has 0 amide bonds. The minimum atomic E-state index is -0.164. The number of benzene rings is 2. The van der Waals surface area contributed by atoms with Crippen LogP contribution in [-0.2, 0) is 0 Å². The lowest BCUT2D eigenvalue weighted by Crippen LogP contribution is -2.14. The second kappa shape index (κ2) is 7.33. The molecule has 0 fully saturated rings. The van der Waals surface area contributed by atoms with Crippen LogP contribution in [0.25, 0.3) is 11.0 Å². The third-order valence-corrected chi connectivity index (χ3v) is 4.38. The Morgan fingerprint density at radius 3 is 2.22 bits per heavy atom. The summed E-state index contributed by atoms with van der Waals surface area (Å²) in [6, 6.07) is 15.7. The molecule has 0 unspecified atom stereocenters. The van der Waals surface area contributed by atoms with Crippen LogP contribution < -0.4 is 14.8 Å². The first-order valence-electron chi connectivity index (χ1n) is 8.47. The highest BCUT2D eigenvalue weighted by Gasteiger charge is 2.18. The summed E-state index contributed by atoms with van der Waals surface area (Å²) in [6.45, 7) is 0. The van der Waals surface area contributed by atoms with Crippen LogP contribution in [0.1, 0.15) is 17.2 Å². The Morgan fingerprint density at radius 1 is 0.926 bits per heavy atom. The smallest absolute Gasteiger partial charge is 0.160 e. The van der Waals surface area contributed by atoms with Gasteiger partial charge >= 0.3 is 0 Å². The van der Waals surface area contributed by atoms with Gasteiger partial charge in [0.2, 0.25) is 0 Å². The van der Waals surface area contributed by atoms with Crippen LogP contribution in [0.3, 0.4) is 0 Å². The minimum absolute atomic E-state index is 0.164.